The summed E-state index contributed by atoms with van der Waals surface area (Å²) >= 11 is 0. The number of rotatable bonds is 24. The van der Waals surface area contributed by atoms with E-state index in [0.717, 1.165) is 12.8 Å². The molecule has 0 aliphatic carbocycles. The molecule has 2 atom stereocenters. The first kappa shape index (κ1) is 32.0. The van der Waals surface area contributed by atoms with Crippen molar-refractivity contribution in [3.63, 3.8) is 0 Å². The Hall–Kier alpha value is -0.0100. The fraction of sp³-hybridized carbons (Fsp3) is 1.00. The number of hydrogen-bond acceptors (Lipinski definition) is 5. The Morgan fingerprint density at radius 3 is 1.66 bits per heavy atom. The minimum atomic E-state index is -4.13. The fourth-order valence-corrected chi connectivity index (χ4v) is 4.06. The van der Waals surface area contributed by atoms with Gasteiger partial charge in [0.25, 0.3) is 0 Å². The monoisotopic (exact) mass is 482 g/mol. The number of aliphatic hydroxyl groups excluding tert-OH is 1. The van der Waals surface area contributed by atoms with Crippen molar-refractivity contribution in [3.8, 4) is 0 Å². The van der Waals surface area contributed by atoms with Gasteiger partial charge in [-0.1, -0.05) is 90.4 Å². The Kier molecular flexibility index (Phi) is 20.4. The normalized spacial score (nSPS) is 15.1. The Morgan fingerprint density at radius 1 is 0.719 bits per heavy atom. The van der Waals surface area contributed by atoms with Gasteiger partial charge in [-0.3, -0.25) is 9.05 Å². The molecule has 0 fully saturated rings. The second kappa shape index (κ2) is 20.4. The van der Waals surface area contributed by atoms with Gasteiger partial charge < -0.3 is 19.2 Å². The topological polar surface area (TPSA) is 85.2 Å². The summed E-state index contributed by atoms with van der Waals surface area (Å²) in [5.74, 6) is 0. The van der Waals surface area contributed by atoms with E-state index in [9.17, 15) is 14.6 Å². The number of unbranched alkanes of at least 4 members (excludes halogenated alkanes) is 13. The van der Waals surface area contributed by atoms with Gasteiger partial charge in [0.2, 0.25) is 0 Å². The molecule has 2 N–H and O–H groups in total. The molecule has 0 amide bonds. The van der Waals surface area contributed by atoms with E-state index in [1.807, 2.05) is 21.1 Å². The molecule has 0 rings (SSSR count). The zero-order chi connectivity index (χ0) is 24.1. The van der Waals surface area contributed by atoms with E-state index in [1.165, 1.54) is 77.0 Å². The fourth-order valence-electron chi connectivity index (χ4n) is 3.31. The van der Waals surface area contributed by atoms with E-state index in [-0.39, 0.29) is 19.8 Å². The van der Waals surface area contributed by atoms with Crippen molar-refractivity contribution in [2.75, 3.05) is 54.1 Å². The maximum atomic E-state index is 11.8. The number of nitrogens with zero attached hydrogens (tertiary/aromatic N) is 1. The van der Waals surface area contributed by atoms with Crippen LogP contribution in [0, 0.1) is 0 Å². The molecule has 0 radical (unpaired) electrons. The summed E-state index contributed by atoms with van der Waals surface area (Å²) in [6.07, 6.45) is 17.5. The number of ether oxygens (including phenoxy) is 1. The third-order valence-corrected chi connectivity index (χ3v) is 6.38. The van der Waals surface area contributed by atoms with Gasteiger partial charge in [-0.15, -0.1) is 0 Å². The van der Waals surface area contributed by atoms with Crippen LogP contribution in [0.3, 0.4) is 0 Å². The molecule has 2 unspecified atom stereocenters. The molecule has 0 aromatic carbocycles. The highest BCUT2D eigenvalue weighted by Gasteiger charge is 2.24. The van der Waals surface area contributed by atoms with E-state index in [0.29, 0.717) is 17.6 Å². The number of phosphoric acid groups is 1. The predicted octanol–water partition coefficient (Wildman–Crippen LogP) is 5.69. The third kappa shape index (κ3) is 24.6. The summed E-state index contributed by atoms with van der Waals surface area (Å²) < 4.78 is 27.6. The van der Waals surface area contributed by atoms with Crippen LogP contribution in [0.2, 0.25) is 0 Å². The lowest BCUT2D eigenvalue weighted by Crippen LogP contribution is -2.37. The summed E-state index contributed by atoms with van der Waals surface area (Å²) in [7, 11) is 1.76. The van der Waals surface area contributed by atoms with Crippen molar-refractivity contribution in [2.24, 2.45) is 0 Å². The van der Waals surface area contributed by atoms with Crippen LogP contribution < -0.4 is 0 Å². The molecule has 0 bridgehead atoms. The van der Waals surface area contributed by atoms with Crippen LogP contribution in [0.4, 0.5) is 0 Å². The molecule has 0 aromatic heterocycles. The van der Waals surface area contributed by atoms with Gasteiger partial charge >= 0.3 is 7.82 Å². The lowest BCUT2D eigenvalue weighted by molar-refractivity contribution is -0.870. The minimum absolute atomic E-state index is 0.0946. The summed E-state index contributed by atoms with van der Waals surface area (Å²) in [5.41, 5.74) is 0. The maximum Gasteiger partial charge on any atom is 0.472 e. The first-order chi connectivity index (χ1) is 15.2. The van der Waals surface area contributed by atoms with Gasteiger partial charge in [-0.25, -0.2) is 4.57 Å². The van der Waals surface area contributed by atoms with Crippen LogP contribution in [0.15, 0.2) is 0 Å². The second-order valence-corrected chi connectivity index (χ2v) is 11.4. The van der Waals surface area contributed by atoms with E-state index in [2.05, 4.69) is 6.92 Å². The quantitative estimate of drug-likeness (QED) is 0.105. The van der Waals surface area contributed by atoms with E-state index in [4.69, 9.17) is 13.8 Å². The minimum Gasteiger partial charge on any atom is -0.388 e. The molecule has 0 saturated carbocycles. The number of phosphoric ester groups is 1. The SMILES string of the molecule is CCCCCCCCCCCCCCCCOCC(O)COP(=O)(O)OCC[N+](C)(C)C. The lowest BCUT2D eigenvalue weighted by Gasteiger charge is -2.24. The average molecular weight is 483 g/mol. The molecular weight excluding hydrogens is 429 g/mol. The summed E-state index contributed by atoms with van der Waals surface area (Å²) in [6.45, 7) is 3.36. The van der Waals surface area contributed by atoms with E-state index >= 15 is 0 Å². The average Bonchev–Trinajstić information content (AvgIpc) is 2.71. The van der Waals surface area contributed by atoms with Crippen LogP contribution in [0.25, 0.3) is 0 Å². The number of likely N-dealkylation sites (N-methyl/N-ethyl adjacent to an activating group) is 1. The Bertz CT molecular complexity index is 458. The third-order valence-electron chi connectivity index (χ3n) is 5.40. The van der Waals surface area contributed by atoms with Gasteiger partial charge in [0.15, 0.2) is 0 Å². The van der Waals surface area contributed by atoms with Crippen molar-refractivity contribution in [3.05, 3.63) is 0 Å². The smallest absolute Gasteiger partial charge is 0.388 e. The predicted molar refractivity (Wildman–Crippen MR) is 132 cm³/mol. The Morgan fingerprint density at radius 2 is 1.19 bits per heavy atom. The van der Waals surface area contributed by atoms with Gasteiger partial charge in [-0.05, 0) is 6.42 Å². The molecule has 7 nitrogen and oxygen atoms in total. The second-order valence-electron chi connectivity index (χ2n) is 9.94. The van der Waals surface area contributed by atoms with Crippen molar-refractivity contribution >= 4 is 7.82 Å². The van der Waals surface area contributed by atoms with Crippen molar-refractivity contribution in [1.29, 1.82) is 0 Å². The first-order valence-electron chi connectivity index (χ1n) is 12.8. The van der Waals surface area contributed by atoms with Gasteiger partial charge in [0, 0.05) is 6.61 Å². The lowest BCUT2D eigenvalue weighted by atomic mass is 10.0. The van der Waals surface area contributed by atoms with Crippen LogP contribution in [0.1, 0.15) is 96.8 Å². The Balaban J connectivity index is 3.40. The van der Waals surface area contributed by atoms with E-state index in [1.54, 1.807) is 0 Å². The molecule has 0 aromatic rings. The number of quaternary nitrogens is 1. The van der Waals surface area contributed by atoms with Crippen molar-refractivity contribution in [2.45, 2.75) is 103 Å². The van der Waals surface area contributed by atoms with Crippen molar-refractivity contribution in [1.82, 2.24) is 0 Å². The summed E-state index contributed by atoms with van der Waals surface area (Å²) in [6, 6.07) is 0. The highest BCUT2D eigenvalue weighted by Crippen LogP contribution is 2.43. The standard InChI is InChI=1S/C24H52NO6P/c1-5-6-7-8-9-10-11-12-13-14-15-16-17-18-20-29-22-24(26)23-31-32(27,28)30-21-19-25(2,3)4/h24,26H,5-23H2,1-4H3/p+1. The maximum absolute atomic E-state index is 11.8. The molecule has 32 heavy (non-hydrogen) atoms. The largest absolute Gasteiger partial charge is 0.472 e. The zero-order valence-electron chi connectivity index (χ0n) is 21.4. The molecule has 194 valence electrons. The first-order valence-corrected chi connectivity index (χ1v) is 14.3. The summed E-state index contributed by atoms with van der Waals surface area (Å²) in [5, 5.41) is 9.84. The van der Waals surface area contributed by atoms with Crippen molar-refractivity contribution < 1.29 is 32.8 Å². The highest BCUT2D eigenvalue weighted by atomic mass is 31.2. The van der Waals surface area contributed by atoms with Gasteiger partial charge in [0.1, 0.15) is 19.3 Å². The molecule has 0 saturated heterocycles. The molecule has 0 aliphatic rings. The van der Waals surface area contributed by atoms with Crippen LogP contribution >= 0.6 is 7.82 Å². The zero-order valence-corrected chi connectivity index (χ0v) is 22.3. The molecule has 0 heterocycles. The van der Waals surface area contributed by atoms with E-state index < -0.39 is 13.9 Å². The molecule has 0 spiro atoms. The number of hydrogen-bond donors (Lipinski definition) is 2. The molecular formula is C24H53NO6P+. The number of aliphatic hydroxyl groups is 1. The summed E-state index contributed by atoms with van der Waals surface area (Å²) in [4.78, 5) is 9.62. The van der Waals surface area contributed by atoms with Crippen LogP contribution in [-0.2, 0) is 18.3 Å². The van der Waals surface area contributed by atoms with Crippen LogP contribution in [0.5, 0.6) is 0 Å². The van der Waals surface area contributed by atoms with Gasteiger partial charge in [-0.2, -0.15) is 0 Å². The Labute approximate surface area is 198 Å². The molecule has 8 heteroatoms. The van der Waals surface area contributed by atoms with Crippen LogP contribution in [-0.4, -0.2) is 74.7 Å². The highest BCUT2D eigenvalue weighted by molar-refractivity contribution is 7.47. The van der Waals surface area contributed by atoms with Gasteiger partial charge in [0.05, 0.1) is 34.4 Å². The molecule has 0 aliphatic heterocycles.